The Kier molecular flexibility index (Phi) is 6.07. The molecule has 0 N–H and O–H groups in total. The van der Waals surface area contributed by atoms with Crippen molar-refractivity contribution in [3.8, 4) is 0 Å². The third-order valence-electron chi connectivity index (χ3n) is 5.29. The number of hydrogen-bond donors (Lipinski definition) is 0. The molecule has 0 bridgehead atoms. The van der Waals surface area contributed by atoms with Gasteiger partial charge in [0.05, 0.1) is 4.90 Å². The third-order valence-corrected chi connectivity index (χ3v) is 7.35. The second-order valence-electron chi connectivity index (χ2n) is 6.85. The lowest BCUT2D eigenvalue weighted by Crippen LogP contribution is -2.48. The standard InChI is InChI=1S/C21H29N3O2S/c1-4-22(5-2)19-10-12-20(13-11-19)23-14-16-24(17-15-23)27(25,26)21-9-7-6-8-18(21)3/h6-13H,4-5,14-17H2,1-3H3. The third kappa shape index (κ3) is 4.12. The van der Waals surface area contributed by atoms with Crippen LogP contribution < -0.4 is 9.80 Å². The van der Waals surface area contributed by atoms with Crippen LogP contribution in [0.2, 0.25) is 0 Å². The molecule has 1 aliphatic heterocycles. The van der Waals surface area contributed by atoms with E-state index in [9.17, 15) is 8.42 Å². The SMILES string of the molecule is CCN(CC)c1ccc(N2CCN(S(=O)(=O)c3ccccc3C)CC2)cc1. The number of benzene rings is 2. The second kappa shape index (κ2) is 8.31. The van der Waals surface area contributed by atoms with Gasteiger partial charge in [0.25, 0.3) is 0 Å². The fourth-order valence-corrected chi connectivity index (χ4v) is 5.28. The molecule has 146 valence electrons. The zero-order valence-corrected chi connectivity index (χ0v) is 17.2. The van der Waals surface area contributed by atoms with Gasteiger partial charge in [-0.3, -0.25) is 0 Å². The van der Waals surface area contributed by atoms with Crippen molar-refractivity contribution in [3.05, 3.63) is 54.1 Å². The lowest BCUT2D eigenvalue weighted by molar-refractivity contribution is 0.384. The van der Waals surface area contributed by atoms with Gasteiger partial charge < -0.3 is 9.80 Å². The normalized spacial score (nSPS) is 15.7. The van der Waals surface area contributed by atoms with E-state index in [1.165, 1.54) is 5.69 Å². The van der Waals surface area contributed by atoms with Crippen LogP contribution in [0.1, 0.15) is 19.4 Å². The first-order chi connectivity index (χ1) is 13.0. The Balaban J connectivity index is 1.68. The summed E-state index contributed by atoms with van der Waals surface area (Å²) < 4.78 is 27.5. The first-order valence-electron chi connectivity index (χ1n) is 9.63. The minimum atomic E-state index is -3.42. The molecule has 0 spiro atoms. The largest absolute Gasteiger partial charge is 0.372 e. The van der Waals surface area contributed by atoms with Crippen LogP contribution in [0.25, 0.3) is 0 Å². The number of piperazine rings is 1. The van der Waals surface area contributed by atoms with E-state index in [1.54, 1.807) is 16.4 Å². The molecule has 6 heteroatoms. The molecule has 0 aliphatic carbocycles. The first-order valence-corrected chi connectivity index (χ1v) is 11.1. The van der Waals surface area contributed by atoms with Crippen LogP contribution >= 0.6 is 0 Å². The van der Waals surface area contributed by atoms with Crippen molar-refractivity contribution in [2.45, 2.75) is 25.7 Å². The highest BCUT2D eigenvalue weighted by Gasteiger charge is 2.29. The average Bonchev–Trinajstić information content (AvgIpc) is 2.70. The molecule has 2 aromatic rings. The first kappa shape index (κ1) is 19.7. The number of aryl methyl sites for hydroxylation is 1. The molecule has 0 saturated carbocycles. The van der Waals surface area contributed by atoms with Gasteiger partial charge in [0.15, 0.2) is 0 Å². The van der Waals surface area contributed by atoms with Crippen LogP contribution in [0.3, 0.4) is 0 Å². The van der Waals surface area contributed by atoms with Crippen molar-refractivity contribution in [3.63, 3.8) is 0 Å². The minimum absolute atomic E-state index is 0.419. The molecule has 5 nitrogen and oxygen atoms in total. The molecule has 2 aromatic carbocycles. The number of sulfonamides is 1. The molecule has 1 heterocycles. The monoisotopic (exact) mass is 387 g/mol. The van der Waals surface area contributed by atoms with E-state index < -0.39 is 10.0 Å². The van der Waals surface area contributed by atoms with Crippen LogP contribution in [0.15, 0.2) is 53.4 Å². The van der Waals surface area contributed by atoms with Crippen LogP contribution in [-0.2, 0) is 10.0 Å². The van der Waals surface area contributed by atoms with Crippen molar-refractivity contribution >= 4 is 21.4 Å². The van der Waals surface area contributed by atoms with Crippen molar-refractivity contribution in [1.29, 1.82) is 0 Å². The highest BCUT2D eigenvalue weighted by atomic mass is 32.2. The Morgan fingerprint density at radius 1 is 0.889 bits per heavy atom. The van der Waals surface area contributed by atoms with Crippen molar-refractivity contribution in [2.75, 3.05) is 49.1 Å². The molecule has 3 rings (SSSR count). The Labute approximate surface area is 163 Å². The summed E-state index contributed by atoms with van der Waals surface area (Å²) in [7, 11) is -3.42. The van der Waals surface area contributed by atoms with Crippen LogP contribution in [0.5, 0.6) is 0 Å². The molecule has 1 aliphatic rings. The van der Waals surface area contributed by atoms with E-state index in [1.807, 2.05) is 19.1 Å². The van der Waals surface area contributed by atoms with Crippen molar-refractivity contribution in [2.24, 2.45) is 0 Å². The molecule has 0 radical (unpaired) electrons. The molecule has 1 fully saturated rings. The van der Waals surface area contributed by atoms with Gasteiger partial charge in [-0.2, -0.15) is 4.31 Å². The van der Waals surface area contributed by atoms with Crippen LogP contribution in [0, 0.1) is 6.92 Å². The summed E-state index contributed by atoms with van der Waals surface area (Å²) >= 11 is 0. The molecule has 0 amide bonds. The summed E-state index contributed by atoms with van der Waals surface area (Å²) in [5.74, 6) is 0. The Morgan fingerprint density at radius 2 is 1.48 bits per heavy atom. The average molecular weight is 388 g/mol. The van der Waals surface area contributed by atoms with Crippen molar-refractivity contribution in [1.82, 2.24) is 4.31 Å². The van der Waals surface area contributed by atoms with E-state index in [4.69, 9.17) is 0 Å². The van der Waals surface area contributed by atoms with Gasteiger partial charge in [0.2, 0.25) is 10.0 Å². The summed E-state index contributed by atoms with van der Waals surface area (Å²) in [4.78, 5) is 4.99. The van der Waals surface area contributed by atoms with Crippen molar-refractivity contribution < 1.29 is 8.42 Å². The smallest absolute Gasteiger partial charge is 0.243 e. The van der Waals surface area contributed by atoms with Crippen LogP contribution in [-0.4, -0.2) is 52.0 Å². The lowest BCUT2D eigenvalue weighted by atomic mass is 10.2. The van der Waals surface area contributed by atoms with Gasteiger partial charge in [0.1, 0.15) is 0 Å². The fraction of sp³-hybridized carbons (Fsp3) is 0.429. The van der Waals surface area contributed by atoms with E-state index in [0.29, 0.717) is 31.1 Å². The summed E-state index contributed by atoms with van der Waals surface area (Å²) in [5, 5.41) is 0. The van der Waals surface area contributed by atoms with E-state index in [0.717, 1.165) is 24.3 Å². The van der Waals surface area contributed by atoms with Gasteiger partial charge in [-0.15, -0.1) is 0 Å². The molecular weight excluding hydrogens is 358 g/mol. The number of anilines is 2. The fourth-order valence-electron chi connectivity index (χ4n) is 3.63. The summed E-state index contributed by atoms with van der Waals surface area (Å²) in [6.07, 6.45) is 0. The van der Waals surface area contributed by atoms with Gasteiger partial charge in [-0.05, 0) is 56.7 Å². The predicted molar refractivity (Wildman–Crippen MR) is 112 cm³/mol. The Hall–Kier alpha value is -2.05. The maximum atomic E-state index is 12.9. The molecule has 1 saturated heterocycles. The maximum Gasteiger partial charge on any atom is 0.243 e. The van der Waals surface area contributed by atoms with Gasteiger partial charge >= 0.3 is 0 Å². The van der Waals surface area contributed by atoms with E-state index in [-0.39, 0.29) is 0 Å². The minimum Gasteiger partial charge on any atom is -0.372 e. The highest BCUT2D eigenvalue weighted by molar-refractivity contribution is 7.89. The van der Waals surface area contributed by atoms with E-state index in [2.05, 4.69) is 47.9 Å². The molecule has 0 unspecified atom stereocenters. The topological polar surface area (TPSA) is 43.9 Å². The summed E-state index contributed by atoms with van der Waals surface area (Å²) in [5.41, 5.74) is 3.18. The van der Waals surface area contributed by atoms with Gasteiger partial charge in [-0.1, -0.05) is 18.2 Å². The number of nitrogens with zero attached hydrogens (tertiary/aromatic N) is 3. The zero-order valence-electron chi connectivity index (χ0n) is 16.4. The van der Waals surface area contributed by atoms with Crippen LogP contribution in [0.4, 0.5) is 11.4 Å². The Morgan fingerprint density at radius 3 is 2.04 bits per heavy atom. The molecule has 27 heavy (non-hydrogen) atoms. The second-order valence-corrected chi connectivity index (χ2v) is 8.75. The number of hydrogen-bond acceptors (Lipinski definition) is 4. The van der Waals surface area contributed by atoms with Gasteiger partial charge in [0, 0.05) is 50.6 Å². The highest BCUT2D eigenvalue weighted by Crippen LogP contribution is 2.25. The number of rotatable bonds is 6. The lowest BCUT2D eigenvalue weighted by Gasteiger charge is -2.35. The van der Waals surface area contributed by atoms with Gasteiger partial charge in [-0.25, -0.2) is 8.42 Å². The summed E-state index contributed by atoms with van der Waals surface area (Å²) in [6, 6.07) is 15.8. The molecule has 0 aromatic heterocycles. The van der Waals surface area contributed by atoms with E-state index >= 15 is 0 Å². The molecule has 0 atom stereocenters. The zero-order chi connectivity index (χ0) is 19.4. The molecular formula is C21H29N3O2S. The maximum absolute atomic E-state index is 12.9. The quantitative estimate of drug-likeness (QED) is 0.762. The Bertz CT molecular complexity index is 853. The summed E-state index contributed by atoms with van der Waals surface area (Å²) in [6.45, 7) is 10.6. The predicted octanol–water partition coefficient (Wildman–Crippen LogP) is 3.35.